The van der Waals surface area contributed by atoms with E-state index in [1.54, 1.807) is 18.2 Å². The van der Waals surface area contributed by atoms with Gasteiger partial charge in [-0.15, -0.1) is 0 Å². The molecule has 2 bridgehead atoms. The van der Waals surface area contributed by atoms with E-state index in [1.165, 1.54) is 7.11 Å². The van der Waals surface area contributed by atoms with E-state index in [2.05, 4.69) is 5.32 Å². The number of amides is 3. The van der Waals surface area contributed by atoms with Gasteiger partial charge in [0.25, 0.3) is 0 Å². The second kappa shape index (κ2) is 5.88. The summed E-state index contributed by atoms with van der Waals surface area (Å²) < 4.78 is 5.18. The molecule has 2 aliphatic carbocycles. The quantitative estimate of drug-likeness (QED) is 0.659. The maximum absolute atomic E-state index is 12.6. The molecule has 130 valence electrons. The van der Waals surface area contributed by atoms with Crippen LogP contribution in [0.15, 0.2) is 30.4 Å². The molecule has 1 aromatic rings. The fraction of sp³-hybridized carbons (Fsp3) is 0.389. The summed E-state index contributed by atoms with van der Waals surface area (Å²) in [7, 11) is 1.48. The lowest BCUT2D eigenvalue weighted by molar-refractivity contribution is -0.143. The Labute approximate surface area is 149 Å². The second-order valence-electron chi connectivity index (χ2n) is 6.66. The number of anilines is 1. The van der Waals surface area contributed by atoms with E-state index in [0.717, 1.165) is 11.3 Å². The summed E-state index contributed by atoms with van der Waals surface area (Å²) in [6.07, 6.45) is 4.92. The molecule has 0 unspecified atom stereocenters. The number of ether oxygens (including phenoxy) is 1. The van der Waals surface area contributed by atoms with Gasteiger partial charge in [-0.05, 0) is 36.5 Å². The number of hydrogen-bond donors (Lipinski definition) is 1. The molecule has 6 nitrogen and oxygen atoms in total. The fourth-order valence-corrected chi connectivity index (χ4v) is 4.40. The van der Waals surface area contributed by atoms with Crippen molar-refractivity contribution in [3.63, 3.8) is 0 Å². The van der Waals surface area contributed by atoms with E-state index in [0.29, 0.717) is 16.5 Å². The van der Waals surface area contributed by atoms with Gasteiger partial charge in [-0.3, -0.25) is 19.3 Å². The van der Waals surface area contributed by atoms with Crippen molar-refractivity contribution in [2.45, 2.75) is 6.42 Å². The van der Waals surface area contributed by atoms with Crippen LogP contribution in [0.1, 0.15) is 6.42 Å². The molecule has 1 saturated heterocycles. The van der Waals surface area contributed by atoms with Crippen molar-refractivity contribution in [2.75, 3.05) is 19.0 Å². The van der Waals surface area contributed by atoms with Crippen LogP contribution in [0.3, 0.4) is 0 Å². The highest BCUT2D eigenvalue weighted by molar-refractivity contribution is 6.31. The first-order valence-corrected chi connectivity index (χ1v) is 8.54. The smallest absolute Gasteiger partial charge is 0.244 e. The maximum atomic E-state index is 12.6. The number of rotatable bonds is 4. The van der Waals surface area contributed by atoms with Crippen molar-refractivity contribution in [1.29, 1.82) is 0 Å². The van der Waals surface area contributed by atoms with E-state index >= 15 is 0 Å². The highest BCUT2D eigenvalue weighted by Gasteiger charge is 2.59. The normalized spacial score (nSPS) is 29.3. The van der Waals surface area contributed by atoms with Crippen LogP contribution in [-0.2, 0) is 14.4 Å². The lowest BCUT2D eigenvalue weighted by Gasteiger charge is -2.17. The third-order valence-electron chi connectivity index (χ3n) is 5.30. The Balaban J connectivity index is 1.48. The van der Waals surface area contributed by atoms with Crippen LogP contribution in [0.5, 0.6) is 5.75 Å². The third kappa shape index (κ3) is 2.52. The number of methoxy groups -OCH3 is 1. The van der Waals surface area contributed by atoms with Gasteiger partial charge in [0.15, 0.2) is 0 Å². The van der Waals surface area contributed by atoms with Gasteiger partial charge < -0.3 is 10.1 Å². The molecule has 4 atom stereocenters. The Morgan fingerprint density at radius 3 is 2.48 bits per heavy atom. The molecule has 25 heavy (non-hydrogen) atoms. The van der Waals surface area contributed by atoms with Gasteiger partial charge in [0.1, 0.15) is 12.3 Å². The molecule has 1 N–H and O–H groups in total. The van der Waals surface area contributed by atoms with E-state index in [1.807, 2.05) is 12.2 Å². The van der Waals surface area contributed by atoms with Gasteiger partial charge in [-0.2, -0.15) is 0 Å². The van der Waals surface area contributed by atoms with E-state index in [4.69, 9.17) is 16.3 Å². The van der Waals surface area contributed by atoms with Gasteiger partial charge in [0.2, 0.25) is 17.7 Å². The van der Waals surface area contributed by atoms with E-state index < -0.39 is 5.91 Å². The molecule has 0 spiro atoms. The number of imide groups is 1. The number of allylic oxidation sites excluding steroid dienone is 2. The van der Waals surface area contributed by atoms with Gasteiger partial charge in [0, 0.05) is 5.02 Å². The summed E-state index contributed by atoms with van der Waals surface area (Å²) in [4.78, 5) is 38.7. The number of fused-ring (bicyclic) bond motifs is 5. The lowest BCUT2D eigenvalue weighted by atomic mass is 9.85. The van der Waals surface area contributed by atoms with Crippen LogP contribution < -0.4 is 10.1 Å². The number of nitrogens with zero attached hydrogens (tertiary/aromatic N) is 1. The SMILES string of the molecule is COc1ccc(Cl)cc1NC(=O)CN1C(=O)[C@@H]2[C@H](C1=O)[C@H]1C=C[C@@H]2C1. The molecule has 2 fully saturated rings. The molecule has 3 aliphatic rings. The van der Waals surface area contributed by atoms with Crippen LogP contribution in [0.25, 0.3) is 0 Å². The minimum absolute atomic E-state index is 0.132. The first kappa shape index (κ1) is 16.1. The van der Waals surface area contributed by atoms with E-state index in [-0.39, 0.29) is 42.0 Å². The minimum Gasteiger partial charge on any atom is -0.495 e. The number of benzene rings is 1. The van der Waals surface area contributed by atoms with Crippen LogP contribution in [0, 0.1) is 23.7 Å². The fourth-order valence-electron chi connectivity index (χ4n) is 4.23. The summed E-state index contributed by atoms with van der Waals surface area (Å²) in [5.74, 6) is -0.800. The van der Waals surface area contributed by atoms with Crippen LogP contribution in [-0.4, -0.2) is 36.3 Å². The predicted octanol–water partition coefficient (Wildman–Crippen LogP) is 2.09. The van der Waals surface area contributed by atoms with Gasteiger partial charge in [0.05, 0.1) is 24.6 Å². The number of halogens is 1. The molecule has 1 aliphatic heterocycles. The molecule has 4 rings (SSSR count). The van der Waals surface area contributed by atoms with Crippen molar-refractivity contribution < 1.29 is 19.1 Å². The first-order chi connectivity index (χ1) is 12.0. The van der Waals surface area contributed by atoms with Crippen molar-refractivity contribution in [3.05, 3.63) is 35.4 Å². The molecular formula is C18H17ClN2O4. The zero-order valence-corrected chi connectivity index (χ0v) is 14.3. The predicted molar refractivity (Wildman–Crippen MR) is 91.1 cm³/mol. The minimum atomic E-state index is -0.456. The summed E-state index contributed by atoms with van der Waals surface area (Å²) in [5.41, 5.74) is 0.404. The molecule has 3 amide bonds. The molecule has 0 aromatic heterocycles. The number of nitrogens with one attached hydrogen (secondary N) is 1. The van der Waals surface area contributed by atoms with Crippen LogP contribution >= 0.6 is 11.6 Å². The Bertz CT molecular complexity index is 776. The van der Waals surface area contributed by atoms with Crippen molar-refractivity contribution in [3.8, 4) is 5.75 Å². The lowest BCUT2D eigenvalue weighted by Crippen LogP contribution is -2.39. The van der Waals surface area contributed by atoms with Gasteiger partial charge >= 0.3 is 0 Å². The largest absolute Gasteiger partial charge is 0.495 e. The van der Waals surface area contributed by atoms with Crippen LogP contribution in [0.4, 0.5) is 5.69 Å². The molecule has 1 saturated carbocycles. The average molecular weight is 361 g/mol. The standard InChI is InChI=1S/C18H17ClN2O4/c1-25-13-5-4-11(19)7-12(13)20-14(22)8-21-17(23)15-9-2-3-10(6-9)16(15)18(21)24/h2-5,7,9-10,15-16H,6,8H2,1H3,(H,20,22)/t9-,10+,15+,16-. The van der Waals surface area contributed by atoms with E-state index in [9.17, 15) is 14.4 Å². The topological polar surface area (TPSA) is 75.7 Å². The summed E-state index contributed by atoms with van der Waals surface area (Å²) in [6, 6.07) is 4.84. The Morgan fingerprint density at radius 2 is 1.88 bits per heavy atom. The molecule has 1 heterocycles. The molecule has 0 radical (unpaired) electrons. The van der Waals surface area contributed by atoms with Crippen LogP contribution in [0.2, 0.25) is 5.02 Å². The molecular weight excluding hydrogens is 344 g/mol. The Hall–Kier alpha value is -2.34. The van der Waals surface area contributed by atoms with Gasteiger partial charge in [-0.25, -0.2) is 0 Å². The summed E-state index contributed by atoms with van der Waals surface area (Å²) in [5, 5.41) is 3.11. The maximum Gasteiger partial charge on any atom is 0.244 e. The Morgan fingerprint density at radius 1 is 1.24 bits per heavy atom. The summed E-state index contributed by atoms with van der Waals surface area (Å²) >= 11 is 5.95. The van der Waals surface area contributed by atoms with Crippen molar-refractivity contribution in [2.24, 2.45) is 23.7 Å². The zero-order valence-electron chi connectivity index (χ0n) is 13.6. The molecule has 1 aromatic carbocycles. The third-order valence-corrected chi connectivity index (χ3v) is 5.53. The first-order valence-electron chi connectivity index (χ1n) is 8.16. The van der Waals surface area contributed by atoms with Crippen molar-refractivity contribution >= 4 is 35.0 Å². The highest BCUT2D eigenvalue weighted by Crippen LogP contribution is 2.52. The highest BCUT2D eigenvalue weighted by atomic mass is 35.5. The Kier molecular flexibility index (Phi) is 3.80. The number of hydrogen-bond acceptors (Lipinski definition) is 4. The molecule has 7 heteroatoms. The zero-order chi connectivity index (χ0) is 17.7. The average Bonchev–Trinajstić information content (AvgIpc) is 3.25. The number of likely N-dealkylation sites (tertiary alicyclic amines) is 1. The summed E-state index contributed by atoms with van der Waals surface area (Å²) in [6.45, 7) is -0.292. The number of carbonyl (C=O) groups is 3. The second-order valence-corrected chi connectivity index (χ2v) is 7.09. The van der Waals surface area contributed by atoms with Crippen molar-refractivity contribution in [1.82, 2.24) is 4.90 Å². The number of carbonyl (C=O) groups excluding carboxylic acids is 3. The van der Waals surface area contributed by atoms with Gasteiger partial charge in [-0.1, -0.05) is 23.8 Å². The monoisotopic (exact) mass is 360 g/mol.